The van der Waals surface area contributed by atoms with Gasteiger partial charge in [0.05, 0.1) is 23.5 Å². The van der Waals surface area contributed by atoms with E-state index in [2.05, 4.69) is 0 Å². The van der Waals surface area contributed by atoms with Crippen LogP contribution in [0.15, 0.2) is 54.6 Å². The van der Waals surface area contributed by atoms with E-state index in [4.69, 9.17) is 4.74 Å². The first-order valence-corrected chi connectivity index (χ1v) is 12.8. The monoisotopic (exact) mass is 442 g/mol. The molecule has 31 heavy (non-hydrogen) atoms. The molecular formula is C24H30N2O4S. The van der Waals surface area contributed by atoms with Gasteiger partial charge in [0.25, 0.3) is 0 Å². The molecule has 1 aliphatic heterocycles. The zero-order valence-electron chi connectivity index (χ0n) is 18.1. The van der Waals surface area contributed by atoms with E-state index in [1.807, 2.05) is 71.4 Å². The van der Waals surface area contributed by atoms with Crippen LogP contribution in [0.3, 0.4) is 0 Å². The molecule has 4 rings (SSSR count). The van der Waals surface area contributed by atoms with Crippen LogP contribution in [0, 0.1) is 0 Å². The van der Waals surface area contributed by atoms with Crippen molar-refractivity contribution < 1.29 is 17.9 Å². The average Bonchev–Trinajstić information content (AvgIpc) is 2.78. The highest BCUT2D eigenvalue weighted by Gasteiger charge is 2.38. The Hall–Kier alpha value is -2.38. The largest absolute Gasteiger partial charge is 0.489 e. The summed E-state index contributed by atoms with van der Waals surface area (Å²) in [5, 5.41) is -0.416. The maximum absolute atomic E-state index is 13.6. The van der Waals surface area contributed by atoms with Crippen molar-refractivity contribution in [1.29, 1.82) is 0 Å². The van der Waals surface area contributed by atoms with Crippen molar-refractivity contribution in [2.75, 3.05) is 31.4 Å². The van der Waals surface area contributed by atoms with Crippen LogP contribution < -0.4 is 9.64 Å². The first kappa shape index (κ1) is 21.8. The van der Waals surface area contributed by atoms with Gasteiger partial charge in [0.15, 0.2) is 9.84 Å². The molecule has 1 fully saturated rings. The number of para-hydroxylation sites is 2. The van der Waals surface area contributed by atoms with E-state index < -0.39 is 15.1 Å². The number of ether oxygens (including phenoxy) is 1. The molecule has 1 heterocycles. The molecule has 0 N–H and O–H groups in total. The Labute approximate surface area is 184 Å². The maximum atomic E-state index is 13.6. The van der Waals surface area contributed by atoms with E-state index in [0.29, 0.717) is 18.8 Å². The SMILES string of the molecule is CN(CC(=O)N1c2ccccc2OC[C@@H]1c1ccccc1)[C@@H]1CCCC[C@@H]1S(C)(=O)=O. The van der Waals surface area contributed by atoms with Crippen molar-refractivity contribution in [2.45, 2.75) is 43.0 Å². The number of carbonyl (C=O) groups is 1. The van der Waals surface area contributed by atoms with Crippen molar-refractivity contribution in [1.82, 2.24) is 4.90 Å². The van der Waals surface area contributed by atoms with Gasteiger partial charge in [-0.05, 0) is 37.6 Å². The topological polar surface area (TPSA) is 66.9 Å². The summed E-state index contributed by atoms with van der Waals surface area (Å²) in [6.07, 6.45) is 4.68. The van der Waals surface area contributed by atoms with Crippen LogP contribution in [0.2, 0.25) is 0 Å². The number of nitrogens with zero attached hydrogens (tertiary/aromatic N) is 2. The van der Waals surface area contributed by atoms with Gasteiger partial charge in [0.1, 0.15) is 12.4 Å². The van der Waals surface area contributed by atoms with Crippen LogP contribution >= 0.6 is 0 Å². The second-order valence-electron chi connectivity index (χ2n) is 8.60. The van der Waals surface area contributed by atoms with Crippen molar-refractivity contribution in [3.05, 3.63) is 60.2 Å². The molecule has 0 radical (unpaired) electrons. The first-order chi connectivity index (χ1) is 14.9. The van der Waals surface area contributed by atoms with E-state index in [9.17, 15) is 13.2 Å². The molecule has 0 bridgehead atoms. The number of likely N-dealkylation sites (N-methyl/N-ethyl adjacent to an activating group) is 1. The van der Waals surface area contributed by atoms with Gasteiger partial charge in [-0.15, -0.1) is 0 Å². The predicted molar refractivity (Wildman–Crippen MR) is 122 cm³/mol. The maximum Gasteiger partial charge on any atom is 0.241 e. The fourth-order valence-corrected chi connectivity index (χ4v) is 6.42. The minimum Gasteiger partial charge on any atom is -0.489 e. The molecule has 0 spiro atoms. The highest BCUT2D eigenvalue weighted by Crippen LogP contribution is 2.39. The van der Waals surface area contributed by atoms with Gasteiger partial charge in [-0.2, -0.15) is 0 Å². The molecule has 0 aromatic heterocycles. The molecule has 3 atom stereocenters. The molecule has 1 saturated carbocycles. The number of benzene rings is 2. The van der Waals surface area contributed by atoms with Crippen LogP contribution in [-0.4, -0.2) is 57.0 Å². The molecule has 7 heteroatoms. The summed E-state index contributed by atoms with van der Waals surface area (Å²) in [5.74, 6) is 0.641. The number of hydrogen-bond donors (Lipinski definition) is 0. The lowest BCUT2D eigenvalue weighted by atomic mass is 9.93. The van der Waals surface area contributed by atoms with Crippen molar-refractivity contribution in [3.63, 3.8) is 0 Å². The smallest absolute Gasteiger partial charge is 0.241 e. The van der Waals surface area contributed by atoms with Crippen LogP contribution in [0.25, 0.3) is 0 Å². The minimum atomic E-state index is -3.17. The summed E-state index contributed by atoms with van der Waals surface area (Å²) in [7, 11) is -1.30. The molecule has 166 valence electrons. The molecule has 6 nitrogen and oxygen atoms in total. The molecular weight excluding hydrogens is 412 g/mol. The Balaban J connectivity index is 1.61. The zero-order valence-corrected chi connectivity index (χ0v) is 18.9. The fourth-order valence-electron chi connectivity index (χ4n) is 4.91. The van der Waals surface area contributed by atoms with Crippen LogP contribution in [0.4, 0.5) is 5.69 Å². The minimum absolute atomic E-state index is 0.0510. The molecule has 0 unspecified atom stereocenters. The highest BCUT2D eigenvalue weighted by molar-refractivity contribution is 7.91. The third-order valence-corrected chi connectivity index (χ3v) is 8.10. The lowest BCUT2D eigenvalue weighted by molar-refractivity contribution is -0.121. The van der Waals surface area contributed by atoms with Gasteiger partial charge >= 0.3 is 0 Å². The van der Waals surface area contributed by atoms with Crippen molar-refractivity contribution in [3.8, 4) is 5.75 Å². The third kappa shape index (κ3) is 4.62. The summed E-state index contributed by atoms with van der Waals surface area (Å²) in [6, 6.07) is 17.1. The van der Waals surface area contributed by atoms with E-state index in [1.165, 1.54) is 6.26 Å². The summed E-state index contributed by atoms with van der Waals surface area (Å²) >= 11 is 0. The number of amides is 1. The van der Waals surface area contributed by atoms with E-state index in [0.717, 1.165) is 30.5 Å². The van der Waals surface area contributed by atoms with E-state index in [1.54, 1.807) is 0 Å². The molecule has 2 aliphatic rings. The van der Waals surface area contributed by atoms with Crippen LogP contribution in [-0.2, 0) is 14.6 Å². The Kier molecular flexibility index (Phi) is 6.34. The van der Waals surface area contributed by atoms with Crippen LogP contribution in [0.5, 0.6) is 5.75 Å². The standard InChI is InChI=1S/C24H30N2O4S/c1-25(20-13-7-9-15-23(20)31(2,28)29)16-24(27)26-19-12-6-8-14-22(19)30-17-21(26)18-10-4-3-5-11-18/h3-6,8,10-12,14,20-21,23H,7,9,13,15-17H2,1-2H3/t20-,21-,23+/m1/s1. The average molecular weight is 443 g/mol. The Morgan fingerprint density at radius 2 is 1.74 bits per heavy atom. The Morgan fingerprint density at radius 1 is 1.06 bits per heavy atom. The molecule has 2 aromatic rings. The van der Waals surface area contributed by atoms with E-state index >= 15 is 0 Å². The zero-order chi connectivity index (χ0) is 22.0. The summed E-state index contributed by atoms with van der Waals surface area (Å²) < 4.78 is 30.7. The number of rotatable bonds is 5. The summed E-state index contributed by atoms with van der Waals surface area (Å²) in [4.78, 5) is 17.4. The number of hydrogen-bond acceptors (Lipinski definition) is 5. The van der Waals surface area contributed by atoms with Gasteiger partial charge in [0.2, 0.25) is 5.91 Å². The van der Waals surface area contributed by atoms with Gasteiger partial charge in [-0.1, -0.05) is 55.3 Å². The predicted octanol–water partition coefficient (Wildman–Crippen LogP) is 3.44. The number of carbonyl (C=O) groups excluding carboxylic acids is 1. The van der Waals surface area contributed by atoms with Gasteiger partial charge < -0.3 is 4.74 Å². The number of anilines is 1. The Morgan fingerprint density at radius 3 is 2.48 bits per heavy atom. The van der Waals surface area contributed by atoms with Crippen molar-refractivity contribution in [2.24, 2.45) is 0 Å². The van der Waals surface area contributed by atoms with Crippen LogP contribution in [0.1, 0.15) is 37.3 Å². The highest BCUT2D eigenvalue weighted by atomic mass is 32.2. The second kappa shape index (κ2) is 9.01. The van der Waals surface area contributed by atoms with Gasteiger partial charge in [0, 0.05) is 12.3 Å². The van der Waals surface area contributed by atoms with Gasteiger partial charge in [-0.25, -0.2) is 8.42 Å². The lowest BCUT2D eigenvalue weighted by Gasteiger charge is -2.40. The summed E-state index contributed by atoms with van der Waals surface area (Å²) in [5.41, 5.74) is 1.77. The lowest BCUT2D eigenvalue weighted by Crippen LogP contribution is -2.52. The second-order valence-corrected chi connectivity index (χ2v) is 10.9. The molecule has 1 amide bonds. The summed E-state index contributed by atoms with van der Waals surface area (Å²) in [6.45, 7) is 0.542. The Bertz CT molecular complexity index is 1020. The molecule has 2 aromatic carbocycles. The first-order valence-electron chi connectivity index (χ1n) is 10.8. The van der Waals surface area contributed by atoms with Gasteiger partial charge in [-0.3, -0.25) is 14.6 Å². The fraction of sp³-hybridized carbons (Fsp3) is 0.458. The molecule has 1 aliphatic carbocycles. The quantitative estimate of drug-likeness (QED) is 0.710. The third-order valence-electron chi connectivity index (χ3n) is 6.45. The number of sulfone groups is 1. The van der Waals surface area contributed by atoms with E-state index in [-0.39, 0.29) is 24.5 Å². The van der Waals surface area contributed by atoms with Crippen molar-refractivity contribution >= 4 is 21.4 Å². The molecule has 0 saturated heterocycles. The normalized spacial score (nSPS) is 23.8. The number of fused-ring (bicyclic) bond motifs is 1.